The van der Waals surface area contributed by atoms with Gasteiger partial charge in [0.25, 0.3) is 0 Å². The molecule has 2 rings (SSSR count). The smallest absolute Gasteiger partial charge is 0.335 e. The molecule has 0 saturated carbocycles. The zero-order valence-corrected chi connectivity index (χ0v) is 12.4. The van der Waals surface area contributed by atoms with Crippen LogP contribution in [0.4, 0.5) is 0 Å². The molecular weight excluding hydrogens is 280 g/mol. The molecule has 0 amide bonds. The average molecular weight is 300 g/mol. The van der Waals surface area contributed by atoms with Gasteiger partial charge in [0.1, 0.15) is 5.75 Å². The fraction of sp³-hybridized carbons (Fsp3) is 0.278. The highest BCUT2D eigenvalue weighted by Gasteiger charge is 2.01. The lowest BCUT2D eigenvalue weighted by atomic mass is 10.2. The molecule has 0 radical (unpaired) electrons. The quantitative estimate of drug-likeness (QED) is 0.716. The summed E-state index contributed by atoms with van der Waals surface area (Å²) in [7, 11) is 0. The summed E-state index contributed by atoms with van der Waals surface area (Å²) in [6, 6.07) is 16.5. The van der Waals surface area contributed by atoms with Gasteiger partial charge < -0.3 is 14.6 Å². The van der Waals surface area contributed by atoms with Gasteiger partial charge in [-0.25, -0.2) is 4.79 Å². The van der Waals surface area contributed by atoms with Gasteiger partial charge in [-0.2, -0.15) is 0 Å². The summed E-state index contributed by atoms with van der Waals surface area (Å²) < 4.78 is 11.2. The van der Waals surface area contributed by atoms with Crippen molar-refractivity contribution in [3.05, 3.63) is 65.7 Å². The van der Waals surface area contributed by atoms with E-state index in [9.17, 15) is 4.79 Å². The van der Waals surface area contributed by atoms with Crippen molar-refractivity contribution in [3.8, 4) is 5.75 Å². The Morgan fingerprint density at radius 3 is 2.27 bits per heavy atom. The lowest BCUT2D eigenvalue weighted by Crippen LogP contribution is -2.02. The van der Waals surface area contributed by atoms with Crippen molar-refractivity contribution in [1.82, 2.24) is 0 Å². The van der Waals surface area contributed by atoms with Crippen LogP contribution in [0.5, 0.6) is 5.75 Å². The van der Waals surface area contributed by atoms with E-state index < -0.39 is 5.97 Å². The zero-order chi connectivity index (χ0) is 15.6. The maximum atomic E-state index is 10.7. The number of rotatable bonds is 9. The van der Waals surface area contributed by atoms with Crippen LogP contribution in [0.2, 0.25) is 0 Å². The van der Waals surface area contributed by atoms with Crippen LogP contribution in [0.3, 0.4) is 0 Å². The summed E-state index contributed by atoms with van der Waals surface area (Å²) >= 11 is 0. The Labute approximate surface area is 130 Å². The molecule has 2 aromatic carbocycles. The summed E-state index contributed by atoms with van der Waals surface area (Å²) in [6.07, 6.45) is 1.83. The Hall–Kier alpha value is -2.33. The highest BCUT2D eigenvalue weighted by molar-refractivity contribution is 5.87. The minimum atomic E-state index is -0.929. The molecule has 0 heterocycles. The fourth-order valence-electron chi connectivity index (χ4n) is 1.95. The summed E-state index contributed by atoms with van der Waals surface area (Å²) in [5, 5.41) is 8.80. The molecule has 0 aromatic heterocycles. The molecule has 0 atom stereocenters. The molecule has 0 spiro atoms. The highest BCUT2D eigenvalue weighted by atomic mass is 16.5. The van der Waals surface area contributed by atoms with Crippen LogP contribution in [0.25, 0.3) is 0 Å². The van der Waals surface area contributed by atoms with E-state index in [2.05, 4.69) is 0 Å². The van der Waals surface area contributed by atoms with Gasteiger partial charge in [0.15, 0.2) is 0 Å². The second-order valence-corrected chi connectivity index (χ2v) is 4.92. The molecule has 116 valence electrons. The summed E-state index contributed by atoms with van der Waals surface area (Å²) in [4.78, 5) is 10.7. The number of carboxylic acid groups (broad SMARTS) is 1. The molecule has 0 saturated heterocycles. The van der Waals surface area contributed by atoms with Crippen LogP contribution in [0, 0.1) is 0 Å². The van der Waals surface area contributed by atoms with E-state index in [1.54, 1.807) is 24.3 Å². The van der Waals surface area contributed by atoms with Gasteiger partial charge in [-0.3, -0.25) is 0 Å². The molecule has 0 unspecified atom stereocenters. The van der Waals surface area contributed by atoms with E-state index in [0.29, 0.717) is 25.6 Å². The zero-order valence-electron chi connectivity index (χ0n) is 12.4. The first kappa shape index (κ1) is 16.0. The minimum absolute atomic E-state index is 0.265. The second-order valence-electron chi connectivity index (χ2n) is 4.92. The van der Waals surface area contributed by atoms with Gasteiger partial charge in [-0.1, -0.05) is 30.3 Å². The van der Waals surface area contributed by atoms with Crippen LogP contribution in [0.1, 0.15) is 28.8 Å². The predicted molar refractivity (Wildman–Crippen MR) is 84.2 cm³/mol. The first-order valence-electron chi connectivity index (χ1n) is 7.33. The van der Waals surface area contributed by atoms with Crippen molar-refractivity contribution in [2.24, 2.45) is 0 Å². The van der Waals surface area contributed by atoms with Gasteiger partial charge >= 0.3 is 5.97 Å². The molecule has 0 aliphatic heterocycles. The van der Waals surface area contributed by atoms with Crippen LogP contribution < -0.4 is 4.74 Å². The topological polar surface area (TPSA) is 55.8 Å². The Morgan fingerprint density at radius 1 is 0.909 bits per heavy atom. The molecule has 0 aliphatic rings. The van der Waals surface area contributed by atoms with E-state index in [-0.39, 0.29) is 5.56 Å². The first-order chi connectivity index (χ1) is 10.8. The molecule has 0 bridgehead atoms. The highest BCUT2D eigenvalue weighted by Crippen LogP contribution is 2.12. The van der Waals surface area contributed by atoms with E-state index >= 15 is 0 Å². The number of hydrogen-bond donors (Lipinski definition) is 1. The Balaban J connectivity index is 1.55. The number of benzene rings is 2. The molecule has 4 heteroatoms. The number of aromatic carboxylic acids is 1. The Bertz CT molecular complexity index is 563. The van der Waals surface area contributed by atoms with Gasteiger partial charge in [-0.05, 0) is 42.7 Å². The maximum absolute atomic E-state index is 10.7. The first-order valence-corrected chi connectivity index (χ1v) is 7.33. The third-order valence-electron chi connectivity index (χ3n) is 3.16. The van der Waals surface area contributed by atoms with Crippen LogP contribution in [0.15, 0.2) is 54.6 Å². The van der Waals surface area contributed by atoms with Gasteiger partial charge in [0, 0.05) is 6.61 Å². The number of unbranched alkanes of at least 4 members (excludes halogenated alkanes) is 1. The minimum Gasteiger partial charge on any atom is -0.494 e. The molecular formula is C18H20O4. The fourth-order valence-corrected chi connectivity index (χ4v) is 1.95. The van der Waals surface area contributed by atoms with Crippen molar-refractivity contribution in [2.75, 3.05) is 13.2 Å². The number of carboxylic acids is 1. The van der Waals surface area contributed by atoms with Gasteiger partial charge in [0.05, 0.1) is 18.8 Å². The van der Waals surface area contributed by atoms with Crippen molar-refractivity contribution in [2.45, 2.75) is 19.4 Å². The van der Waals surface area contributed by atoms with E-state index in [0.717, 1.165) is 12.8 Å². The molecule has 1 N–H and O–H groups in total. The van der Waals surface area contributed by atoms with E-state index in [1.165, 1.54) is 5.56 Å². The maximum Gasteiger partial charge on any atom is 0.335 e. The molecule has 0 fully saturated rings. The van der Waals surface area contributed by atoms with Crippen LogP contribution >= 0.6 is 0 Å². The number of carbonyl (C=O) groups is 1. The van der Waals surface area contributed by atoms with Gasteiger partial charge in [-0.15, -0.1) is 0 Å². The van der Waals surface area contributed by atoms with Gasteiger partial charge in [0.2, 0.25) is 0 Å². The van der Waals surface area contributed by atoms with Crippen molar-refractivity contribution >= 4 is 5.97 Å². The SMILES string of the molecule is O=C(O)c1ccc(OCCCCOCc2ccccc2)cc1. The van der Waals surface area contributed by atoms with E-state index in [4.69, 9.17) is 14.6 Å². The lowest BCUT2D eigenvalue weighted by Gasteiger charge is -2.07. The van der Waals surface area contributed by atoms with Crippen LogP contribution in [-0.2, 0) is 11.3 Å². The summed E-state index contributed by atoms with van der Waals surface area (Å²) in [5.41, 5.74) is 1.44. The Morgan fingerprint density at radius 2 is 1.59 bits per heavy atom. The third kappa shape index (κ3) is 5.58. The average Bonchev–Trinajstić information content (AvgIpc) is 2.55. The number of hydrogen-bond acceptors (Lipinski definition) is 3. The van der Waals surface area contributed by atoms with Crippen molar-refractivity contribution in [1.29, 1.82) is 0 Å². The van der Waals surface area contributed by atoms with Crippen molar-refractivity contribution < 1.29 is 19.4 Å². The second kappa shape index (κ2) is 8.85. The molecule has 2 aromatic rings. The monoisotopic (exact) mass is 300 g/mol. The predicted octanol–water partition coefficient (Wildman–Crippen LogP) is 3.76. The van der Waals surface area contributed by atoms with Crippen molar-refractivity contribution in [3.63, 3.8) is 0 Å². The molecule has 4 nitrogen and oxygen atoms in total. The number of ether oxygens (including phenoxy) is 2. The lowest BCUT2D eigenvalue weighted by molar-refractivity contribution is 0.0697. The molecule has 22 heavy (non-hydrogen) atoms. The summed E-state index contributed by atoms with van der Waals surface area (Å²) in [5.74, 6) is -0.239. The standard InChI is InChI=1S/C18H20O4/c19-18(20)16-8-10-17(11-9-16)22-13-5-4-12-21-14-15-6-2-1-3-7-15/h1-3,6-11H,4-5,12-14H2,(H,19,20). The molecule has 0 aliphatic carbocycles. The Kier molecular flexibility index (Phi) is 6.45. The van der Waals surface area contributed by atoms with Crippen LogP contribution in [-0.4, -0.2) is 24.3 Å². The summed E-state index contributed by atoms with van der Waals surface area (Å²) in [6.45, 7) is 1.94. The largest absolute Gasteiger partial charge is 0.494 e. The third-order valence-corrected chi connectivity index (χ3v) is 3.16. The van der Waals surface area contributed by atoms with E-state index in [1.807, 2.05) is 30.3 Å². The normalized spacial score (nSPS) is 10.4.